The van der Waals surface area contributed by atoms with E-state index in [1.54, 1.807) is 24.7 Å². The summed E-state index contributed by atoms with van der Waals surface area (Å²) in [4.78, 5) is 15.2. The number of para-hydroxylation sites is 1. The summed E-state index contributed by atoms with van der Waals surface area (Å²) < 4.78 is 7.63. The fraction of sp³-hybridized carbons (Fsp3) is 0.286. The van der Waals surface area contributed by atoms with Crippen molar-refractivity contribution in [3.05, 3.63) is 47.5 Å². The van der Waals surface area contributed by atoms with Crippen molar-refractivity contribution in [3.8, 4) is 5.75 Å². The first-order valence-corrected chi connectivity index (χ1v) is 6.08. The third-order valence-electron chi connectivity index (χ3n) is 2.95. The average Bonchev–Trinajstić information content (AvgIpc) is 2.84. The number of ether oxygens (including phenoxy) is 1. The number of nitrogens with zero attached hydrogens (tertiary/aromatic N) is 2. The Balaban J connectivity index is 2.22. The minimum atomic E-state index is -0.984. The maximum atomic E-state index is 11.2. The van der Waals surface area contributed by atoms with Crippen LogP contribution in [-0.2, 0) is 13.2 Å². The second-order valence-corrected chi connectivity index (χ2v) is 4.22. The van der Waals surface area contributed by atoms with Gasteiger partial charge in [-0.05, 0) is 25.5 Å². The normalized spacial score (nSPS) is 10.4. The van der Waals surface area contributed by atoms with Crippen LogP contribution in [0.25, 0.3) is 0 Å². The first-order valence-electron chi connectivity index (χ1n) is 6.08. The standard InChI is InChI=1S/C14H16N2O3/c1-3-16-9-15-7-11(16)8-19-13-10(2)5-4-6-12(13)14(17)18/h4-7,9H,3,8H2,1-2H3,(H,17,18). The maximum absolute atomic E-state index is 11.2. The van der Waals surface area contributed by atoms with Crippen molar-refractivity contribution >= 4 is 5.97 Å². The summed E-state index contributed by atoms with van der Waals surface area (Å²) in [5.41, 5.74) is 1.91. The van der Waals surface area contributed by atoms with E-state index in [2.05, 4.69) is 4.98 Å². The Morgan fingerprint density at radius 1 is 1.47 bits per heavy atom. The lowest BCUT2D eigenvalue weighted by molar-refractivity contribution is 0.0691. The number of carboxylic acids is 1. The first kappa shape index (κ1) is 13.1. The molecule has 0 radical (unpaired) electrons. The molecule has 0 spiro atoms. The average molecular weight is 260 g/mol. The second kappa shape index (κ2) is 5.56. The molecule has 1 aromatic heterocycles. The van der Waals surface area contributed by atoms with Crippen LogP contribution in [0, 0.1) is 6.92 Å². The molecule has 0 saturated carbocycles. The zero-order chi connectivity index (χ0) is 13.8. The molecule has 2 rings (SSSR count). The van der Waals surface area contributed by atoms with E-state index in [-0.39, 0.29) is 5.56 Å². The summed E-state index contributed by atoms with van der Waals surface area (Å²) >= 11 is 0. The molecule has 0 saturated heterocycles. The van der Waals surface area contributed by atoms with Crippen molar-refractivity contribution < 1.29 is 14.6 Å². The van der Waals surface area contributed by atoms with Crippen LogP contribution < -0.4 is 4.74 Å². The predicted molar refractivity (Wildman–Crippen MR) is 70.4 cm³/mol. The Morgan fingerprint density at radius 3 is 2.95 bits per heavy atom. The van der Waals surface area contributed by atoms with Crippen LogP contribution in [0.1, 0.15) is 28.5 Å². The third kappa shape index (κ3) is 2.76. The van der Waals surface area contributed by atoms with Crippen molar-refractivity contribution in [1.29, 1.82) is 0 Å². The van der Waals surface area contributed by atoms with Crippen LogP contribution in [0.2, 0.25) is 0 Å². The highest BCUT2D eigenvalue weighted by molar-refractivity contribution is 5.91. The van der Waals surface area contributed by atoms with Gasteiger partial charge in [0.05, 0.1) is 18.2 Å². The van der Waals surface area contributed by atoms with Crippen LogP contribution in [0.4, 0.5) is 0 Å². The molecule has 2 aromatic rings. The minimum absolute atomic E-state index is 0.183. The van der Waals surface area contributed by atoms with Crippen molar-refractivity contribution in [3.63, 3.8) is 0 Å². The number of aryl methyl sites for hydroxylation is 2. The zero-order valence-electron chi connectivity index (χ0n) is 11.0. The van der Waals surface area contributed by atoms with E-state index in [1.807, 2.05) is 24.5 Å². The maximum Gasteiger partial charge on any atom is 0.339 e. The topological polar surface area (TPSA) is 64.4 Å². The Kier molecular flexibility index (Phi) is 3.85. The second-order valence-electron chi connectivity index (χ2n) is 4.22. The number of hydrogen-bond donors (Lipinski definition) is 1. The van der Waals surface area contributed by atoms with Gasteiger partial charge in [0.25, 0.3) is 0 Å². The molecule has 0 atom stereocenters. The van der Waals surface area contributed by atoms with Gasteiger partial charge in [-0.1, -0.05) is 12.1 Å². The Labute approximate surface area is 111 Å². The van der Waals surface area contributed by atoms with E-state index in [0.29, 0.717) is 12.4 Å². The van der Waals surface area contributed by atoms with Gasteiger partial charge in [-0.3, -0.25) is 0 Å². The number of aromatic carboxylic acids is 1. The van der Waals surface area contributed by atoms with Gasteiger partial charge >= 0.3 is 5.97 Å². The van der Waals surface area contributed by atoms with E-state index in [1.165, 1.54) is 0 Å². The molecule has 0 unspecified atom stereocenters. The first-order chi connectivity index (χ1) is 9.13. The number of carbonyl (C=O) groups is 1. The fourth-order valence-electron chi connectivity index (χ4n) is 1.91. The highest BCUT2D eigenvalue weighted by Crippen LogP contribution is 2.24. The lowest BCUT2D eigenvalue weighted by atomic mass is 10.1. The number of hydrogen-bond acceptors (Lipinski definition) is 3. The number of aromatic nitrogens is 2. The highest BCUT2D eigenvalue weighted by atomic mass is 16.5. The third-order valence-corrected chi connectivity index (χ3v) is 2.95. The molecule has 5 nitrogen and oxygen atoms in total. The summed E-state index contributed by atoms with van der Waals surface area (Å²) in [5.74, 6) is -0.568. The molecule has 0 aliphatic rings. The van der Waals surface area contributed by atoms with Crippen molar-refractivity contribution in [2.45, 2.75) is 27.0 Å². The summed E-state index contributed by atoms with van der Waals surface area (Å²) in [5, 5.41) is 9.15. The number of benzene rings is 1. The van der Waals surface area contributed by atoms with Gasteiger partial charge in [-0.2, -0.15) is 0 Å². The van der Waals surface area contributed by atoms with E-state index in [4.69, 9.17) is 9.84 Å². The molecule has 0 aliphatic heterocycles. The molecular formula is C14H16N2O3. The van der Waals surface area contributed by atoms with Crippen molar-refractivity contribution in [2.75, 3.05) is 0 Å². The quantitative estimate of drug-likeness (QED) is 0.897. The molecule has 0 bridgehead atoms. The Bertz CT molecular complexity index is 590. The molecule has 5 heteroatoms. The summed E-state index contributed by atoms with van der Waals surface area (Å²) in [7, 11) is 0. The van der Waals surface area contributed by atoms with Gasteiger partial charge in [-0.15, -0.1) is 0 Å². The Hall–Kier alpha value is -2.30. The molecule has 1 heterocycles. The van der Waals surface area contributed by atoms with Crippen LogP contribution in [0.3, 0.4) is 0 Å². The number of imidazole rings is 1. The molecule has 19 heavy (non-hydrogen) atoms. The Morgan fingerprint density at radius 2 is 2.26 bits per heavy atom. The zero-order valence-corrected chi connectivity index (χ0v) is 11.0. The SMILES string of the molecule is CCn1cncc1COc1c(C)cccc1C(=O)O. The van der Waals surface area contributed by atoms with Gasteiger partial charge < -0.3 is 14.4 Å². The van der Waals surface area contributed by atoms with Crippen molar-refractivity contribution in [1.82, 2.24) is 9.55 Å². The van der Waals surface area contributed by atoms with E-state index in [0.717, 1.165) is 17.8 Å². The molecule has 100 valence electrons. The molecule has 1 N–H and O–H groups in total. The molecule has 0 amide bonds. The van der Waals surface area contributed by atoms with Gasteiger partial charge in [0.1, 0.15) is 17.9 Å². The lowest BCUT2D eigenvalue weighted by Gasteiger charge is -2.12. The molecule has 1 aromatic carbocycles. The minimum Gasteiger partial charge on any atom is -0.486 e. The van der Waals surface area contributed by atoms with E-state index >= 15 is 0 Å². The fourth-order valence-corrected chi connectivity index (χ4v) is 1.91. The summed E-state index contributed by atoms with van der Waals surface area (Å²) in [6.07, 6.45) is 3.46. The smallest absolute Gasteiger partial charge is 0.339 e. The summed E-state index contributed by atoms with van der Waals surface area (Å²) in [6.45, 7) is 4.96. The molecule has 0 fully saturated rings. The predicted octanol–water partition coefficient (Wildman–Crippen LogP) is 2.49. The van der Waals surface area contributed by atoms with E-state index < -0.39 is 5.97 Å². The summed E-state index contributed by atoms with van der Waals surface area (Å²) in [6, 6.07) is 5.09. The van der Waals surface area contributed by atoms with Crippen molar-refractivity contribution in [2.24, 2.45) is 0 Å². The van der Waals surface area contributed by atoms with Crippen LogP contribution >= 0.6 is 0 Å². The van der Waals surface area contributed by atoms with Gasteiger partial charge in [0, 0.05) is 6.54 Å². The van der Waals surface area contributed by atoms with E-state index in [9.17, 15) is 4.79 Å². The van der Waals surface area contributed by atoms with Gasteiger partial charge in [0.2, 0.25) is 0 Å². The highest BCUT2D eigenvalue weighted by Gasteiger charge is 2.14. The molecule has 0 aliphatic carbocycles. The van der Waals surface area contributed by atoms with Gasteiger partial charge in [0.15, 0.2) is 0 Å². The van der Waals surface area contributed by atoms with Crippen LogP contribution in [0.5, 0.6) is 5.75 Å². The van der Waals surface area contributed by atoms with Gasteiger partial charge in [-0.25, -0.2) is 9.78 Å². The lowest BCUT2D eigenvalue weighted by Crippen LogP contribution is -2.08. The molecular weight excluding hydrogens is 244 g/mol. The largest absolute Gasteiger partial charge is 0.486 e. The number of carboxylic acid groups (broad SMARTS) is 1. The monoisotopic (exact) mass is 260 g/mol. The van der Waals surface area contributed by atoms with Crippen LogP contribution in [-0.4, -0.2) is 20.6 Å². The van der Waals surface area contributed by atoms with Crippen LogP contribution in [0.15, 0.2) is 30.7 Å². The number of rotatable bonds is 5.